The maximum absolute atomic E-state index is 10.9. The van der Waals surface area contributed by atoms with Crippen LogP contribution in [0.1, 0.15) is 12.5 Å². The molecular formula is C12H15NO5. The van der Waals surface area contributed by atoms with Crippen LogP contribution >= 0.6 is 0 Å². The smallest absolute Gasteiger partial charge is 0.320 e. The van der Waals surface area contributed by atoms with Gasteiger partial charge in [0, 0.05) is 6.92 Å². The standard InChI is InChI=1S/C12H15NO5/c1-7(14)18-10-4-3-8(6-11(10)17-2)5-9(13)12(15)16/h3-4,6,9H,5,13H2,1-2H3,(H,15,16)/t9-/m0/s1. The lowest BCUT2D eigenvalue weighted by Crippen LogP contribution is -2.32. The molecule has 0 fully saturated rings. The van der Waals surface area contributed by atoms with Crippen molar-refractivity contribution in [1.82, 2.24) is 0 Å². The van der Waals surface area contributed by atoms with E-state index in [1.165, 1.54) is 14.0 Å². The molecule has 1 aromatic carbocycles. The molecule has 0 heterocycles. The van der Waals surface area contributed by atoms with E-state index in [2.05, 4.69) is 0 Å². The van der Waals surface area contributed by atoms with E-state index in [9.17, 15) is 9.59 Å². The number of carboxylic acid groups (broad SMARTS) is 1. The molecule has 6 nitrogen and oxygen atoms in total. The Labute approximate surface area is 104 Å². The predicted molar refractivity (Wildman–Crippen MR) is 63.6 cm³/mol. The SMILES string of the molecule is COc1cc(C[C@H](N)C(=O)O)ccc1OC(C)=O. The van der Waals surface area contributed by atoms with E-state index in [1.807, 2.05) is 0 Å². The van der Waals surface area contributed by atoms with Crippen molar-refractivity contribution in [2.24, 2.45) is 5.73 Å². The van der Waals surface area contributed by atoms with Crippen molar-refractivity contribution in [2.75, 3.05) is 7.11 Å². The molecular weight excluding hydrogens is 238 g/mol. The van der Waals surface area contributed by atoms with Gasteiger partial charge in [0.2, 0.25) is 0 Å². The molecule has 0 aliphatic rings. The summed E-state index contributed by atoms with van der Waals surface area (Å²) in [7, 11) is 1.43. The average molecular weight is 253 g/mol. The second kappa shape index (κ2) is 6.02. The van der Waals surface area contributed by atoms with Gasteiger partial charge >= 0.3 is 11.9 Å². The molecule has 0 spiro atoms. The number of rotatable bonds is 5. The van der Waals surface area contributed by atoms with E-state index < -0.39 is 18.0 Å². The van der Waals surface area contributed by atoms with Crippen LogP contribution in [0.5, 0.6) is 11.5 Å². The first-order valence-corrected chi connectivity index (χ1v) is 5.27. The Kier molecular flexibility index (Phi) is 4.67. The van der Waals surface area contributed by atoms with E-state index in [1.54, 1.807) is 18.2 Å². The van der Waals surface area contributed by atoms with Crippen molar-refractivity contribution >= 4 is 11.9 Å². The monoisotopic (exact) mass is 253 g/mol. The minimum atomic E-state index is -1.07. The van der Waals surface area contributed by atoms with E-state index in [-0.39, 0.29) is 12.2 Å². The van der Waals surface area contributed by atoms with Crippen molar-refractivity contribution in [3.05, 3.63) is 23.8 Å². The zero-order valence-corrected chi connectivity index (χ0v) is 10.2. The number of aliphatic carboxylic acids is 1. The number of ether oxygens (including phenoxy) is 2. The van der Waals surface area contributed by atoms with Gasteiger partial charge in [0.05, 0.1) is 7.11 Å². The van der Waals surface area contributed by atoms with Gasteiger partial charge in [-0.2, -0.15) is 0 Å². The molecule has 18 heavy (non-hydrogen) atoms. The number of esters is 1. The highest BCUT2D eigenvalue weighted by atomic mass is 16.6. The summed E-state index contributed by atoms with van der Waals surface area (Å²) in [5.74, 6) is -0.876. The first kappa shape index (κ1) is 14.0. The Bertz CT molecular complexity index is 458. The second-order valence-corrected chi connectivity index (χ2v) is 3.73. The number of benzene rings is 1. The van der Waals surface area contributed by atoms with Crippen LogP contribution in [0.25, 0.3) is 0 Å². The summed E-state index contributed by atoms with van der Waals surface area (Å²) >= 11 is 0. The maximum atomic E-state index is 10.9. The number of methoxy groups -OCH3 is 1. The van der Waals surface area contributed by atoms with E-state index in [4.69, 9.17) is 20.3 Å². The lowest BCUT2D eigenvalue weighted by molar-refractivity contribution is -0.138. The first-order valence-electron chi connectivity index (χ1n) is 5.27. The highest BCUT2D eigenvalue weighted by Crippen LogP contribution is 2.28. The maximum Gasteiger partial charge on any atom is 0.320 e. The fraction of sp³-hybridized carbons (Fsp3) is 0.333. The molecule has 98 valence electrons. The number of carbonyl (C=O) groups excluding carboxylic acids is 1. The van der Waals surface area contributed by atoms with E-state index in [0.717, 1.165) is 0 Å². The molecule has 1 aromatic rings. The van der Waals surface area contributed by atoms with Gasteiger partial charge in [-0.3, -0.25) is 9.59 Å². The number of carbonyl (C=O) groups is 2. The van der Waals surface area contributed by atoms with Gasteiger partial charge in [0.15, 0.2) is 11.5 Å². The van der Waals surface area contributed by atoms with Crippen LogP contribution in [-0.4, -0.2) is 30.2 Å². The Balaban J connectivity index is 2.91. The van der Waals surface area contributed by atoms with Gasteiger partial charge in [-0.25, -0.2) is 0 Å². The number of hydrogen-bond donors (Lipinski definition) is 2. The third kappa shape index (κ3) is 3.74. The number of carboxylic acids is 1. The van der Waals surface area contributed by atoms with Crippen molar-refractivity contribution in [1.29, 1.82) is 0 Å². The Morgan fingerprint density at radius 3 is 2.56 bits per heavy atom. The minimum Gasteiger partial charge on any atom is -0.493 e. The Morgan fingerprint density at radius 2 is 2.06 bits per heavy atom. The van der Waals surface area contributed by atoms with Crippen LogP contribution in [0, 0.1) is 0 Å². The van der Waals surface area contributed by atoms with Gasteiger partial charge in [-0.1, -0.05) is 6.07 Å². The molecule has 0 aliphatic carbocycles. The Hall–Kier alpha value is -2.08. The molecule has 0 saturated heterocycles. The van der Waals surface area contributed by atoms with Gasteiger partial charge in [-0.15, -0.1) is 0 Å². The number of hydrogen-bond acceptors (Lipinski definition) is 5. The summed E-state index contributed by atoms with van der Waals surface area (Å²) in [6.07, 6.45) is 0.173. The topological polar surface area (TPSA) is 98.8 Å². The molecule has 0 amide bonds. The van der Waals surface area contributed by atoms with Crippen LogP contribution in [-0.2, 0) is 16.0 Å². The van der Waals surface area contributed by atoms with Crippen molar-refractivity contribution in [3.8, 4) is 11.5 Å². The molecule has 3 N–H and O–H groups in total. The van der Waals surface area contributed by atoms with Gasteiger partial charge in [-0.05, 0) is 24.1 Å². The molecule has 1 rings (SSSR count). The first-order chi connectivity index (χ1) is 8.43. The molecule has 1 atom stereocenters. The predicted octanol–water partition coefficient (Wildman–Crippen LogP) is 0.575. The fourth-order valence-corrected chi connectivity index (χ4v) is 1.42. The fourth-order valence-electron chi connectivity index (χ4n) is 1.42. The zero-order chi connectivity index (χ0) is 13.7. The third-order valence-corrected chi connectivity index (χ3v) is 2.25. The van der Waals surface area contributed by atoms with Crippen LogP contribution in [0.15, 0.2) is 18.2 Å². The van der Waals surface area contributed by atoms with Crippen LogP contribution < -0.4 is 15.2 Å². The lowest BCUT2D eigenvalue weighted by atomic mass is 10.1. The molecule has 0 unspecified atom stereocenters. The largest absolute Gasteiger partial charge is 0.493 e. The van der Waals surface area contributed by atoms with Gasteiger partial charge < -0.3 is 20.3 Å². The lowest BCUT2D eigenvalue weighted by Gasteiger charge is -2.11. The van der Waals surface area contributed by atoms with E-state index >= 15 is 0 Å². The van der Waals surface area contributed by atoms with Crippen molar-refractivity contribution < 1.29 is 24.2 Å². The van der Waals surface area contributed by atoms with Crippen molar-refractivity contribution in [2.45, 2.75) is 19.4 Å². The molecule has 0 aromatic heterocycles. The summed E-state index contributed by atoms with van der Waals surface area (Å²) in [5, 5.41) is 8.72. The zero-order valence-electron chi connectivity index (χ0n) is 10.2. The van der Waals surface area contributed by atoms with Gasteiger partial charge in [0.25, 0.3) is 0 Å². The second-order valence-electron chi connectivity index (χ2n) is 3.73. The summed E-state index contributed by atoms with van der Waals surface area (Å²) in [5.41, 5.74) is 6.13. The average Bonchev–Trinajstić information content (AvgIpc) is 2.30. The third-order valence-electron chi connectivity index (χ3n) is 2.25. The van der Waals surface area contributed by atoms with Crippen LogP contribution in [0.4, 0.5) is 0 Å². The number of nitrogens with two attached hydrogens (primary N) is 1. The summed E-state index contributed by atoms with van der Waals surface area (Å²) in [6.45, 7) is 1.29. The van der Waals surface area contributed by atoms with Crippen LogP contribution in [0.3, 0.4) is 0 Å². The van der Waals surface area contributed by atoms with Crippen LogP contribution in [0.2, 0.25) is 0 Å². The minimum absolute atomic E-state index is 0.173. The quantitative estimate of drug-likeness (QED) is 0.588. The molecule has 6 heteroatoms. The van der Waals surface area contributed by atoms with E-state index in [0.29, 0.717) is 11.3 Å². The van der Waals surface area contributed by atoms with Crippen molar-refractivity contribution in [3.63, 3.8) is 0 Å². The normalized spacial score (nSPS) is 11.7. The molecule has 0 radical (unpaired) electrons. The highest BCUT2D eigenvalue weighted by molar-refractivity contribution is 5.73. The molecule has 0 bridgehead atoms. The summed E-state index contributed by atoms with van der Waals surface area (Å²) in [6, 6.07) is 3.81. The molecule has 0 saturated carbocycles. The summed E-state index contributed by atoms with van der Waals surface area (Å²) < 4.78 is 10.00. The Morgan fingerprint density at radius 1 is 1.39 bits per heavy atom. The van der Waals surface area contributed by atoms with Gasteiger partial charge in [0.1, 0.15) is 6.04 Å². The summed E-state index contributed by atoms with van der Waals surface area (Å²) in [4.78, 5) is 21.5. The molecule has 0 aliphatic heterocycles. The highest BCUT2D eigenvalue weighted by Gasteiger charge is 2.14.